The molecule has 1 fully saturated rings. The highest BCUT2D eigenvalue weighted by Gasteiger charge is 1.91. The molecule has 0 aliphatic carbocycles. The van der Waals surface area contributed by atoms with Gasteiger partial charge in [0.2, 0.25) is 0 Å². The van der Waals surface area contributed by atoms with Crippen molar-refractivity contribution in [3.8, 4) is 0 Å². The van der Waals surface area contributed by atoms with Crippen LogP contribution in [0.2, 0.25) is 0 Å². The number of nitrogens with one attached hydrogen (secondary N) is 2. The second-order valence-corrected chi connectivity index (χ2v) is 3.42. The van der Waals surface area contributed by atoms with Crippen molar-refractivity contribution in [3.63, 3.8) is 0 Å². The second kappa shape index (κ2) is 10.7. The molecule has 5 heteroatoms. The molecule has 3 nitrogen and oxygen atoms in total. The largest absolute Gasteiger partial charge is 0.314 e. The van der Waals surface area contributed by atoms with Gasteiger partial charge in [-0.2, -0.15) is 0 Å². The summed E-state index contributed by atoms with van der Waals surface area (Å²) in [6, 6.07) is 6.00. The van der Waals surface area contributed by atoms with Crippen LogP contribution in [0.15, 0.2) is 18.2 Å². The first kappa shape index (κ1) is 17.6. The van der Waals surface area contributed by atoms with Crippen molar-refractivity contribution in [2.75, 3.05) is 26.2 Å². The van der Waals surface area contributed by atoms with Crippen molar-refractivity contribution < 1.29 is 0 Å². The molecule has 1 aliphatic heterocycles. The minimum atomic E-state index is 0. The highest BCUT2D eigenvalue weighted by Crippen LogP contribution is 1.93. The number of piperazine rings is 1. The van der Waals surface area contributed by atoms with Crippen LogP contribution in [0.3, 0.4) is 0 Å². The molecule has 16 heavy (non-hydrogen) atoms. The predicted molar refractivity (Wildman–Crippen MR) is 71.0 cm³/mol. The van der Waals surface area contributed by atoms with Crippen molar-refractivity contribution in [3.05, 3.63) is 29.6 Å². The normalized spacial score (nSPS) is 13.6. The number of nitrogens with zero attached hydrogens (tertiary/aromatic N) is 1. The molecule has 2 rings (SSSR count). The van der Waals surface area contributed by atoms with E-state index in [9.17, 15) is 0 Å². The first-order valence-electron chi connectivity index (χ1n) is 5.11. The second-order valence-electron chi connectivity index (χ2n) is 3.42. The Morgan fingerprint density at radius 2 is 1.25 bits per heavy atom. The third-order valence-electron chi connectivity index (χ3n) is 1.98. The van der Waals surface area contributed by atoms with E-state index in [0.29, 0.717) is 0 Å². The summed E-state index contributed by atoms with van der Waals surface area (Å²) in [6.07, 6.45) is 0. The van der Waals surface area contributed by atoms with Gasteiger partial charge in [0.05, 0.1) is 0 Å². The highest BCUT2D eigenvalue weighted by molar-refractivity contribution is 5.76. The van der Waals surface area contributed by atoms with Crippen LogP contribution >= 0.6 is 0 Å². The molecule has 0 amide bonds. The summed E-state index contributed by atoms with van der Waals surface area (Å²) in [7, 11) is 0. The van der Waals surface area contributed by atoms with Crippen LogP contribution in [-0.2, 0) is 0 Å². The number of aryl methyl sites for hydroxylation is 2. The lowest BCUT2D eigenvalue weighted by Crippen LogP contribution is -2.39. The molecule has 0 atom stereocenters. The Bertz CT molecular complexity index is 236. The first-order chi connectivity index (χ1) is 6.79. The Morgan fingerprint density at radius 1 is 0.875 bits per heavy atom. The molecule has 1 aromatic heterocycles. The fraction of sp³-hybridized carbons (Fsp3) is 0.545. The topological polar surface area (TPSA) is 37.0 Å². The van der Waals surface area contributed by atoms with E-state index in [4.69, 9.17) is 0 Å². The molecule has 84 valence electrons. The molecule has 0 bridgehead atoms. The van der Waals surface area contributed by atoms with Crippen LogP contribution in [0.25, 0.3) is 0 Å². The zero-order chi connectivity index (χ0) is 10.2. The van der Waals surface area contributed by atoms with Gasteiger partial charge in [-0.05, 0) is 26.0 Å². The zero-order valence-electron chi connectivity index (χ0n) is 10.2. The zero-order valence-corrected chi connectivity index (χ0v) is 10.2. The summed E-state index contributed by atoms with van der Waals surface area (Å²) in [5.41, 5.74) is 2.18. The quantitative estimate of drug-likeness (QED) is 0.603. The summed E-state index contributed by atoms with van der Waals surface area (Å²) in [5.74, 6) is 0. The molecule has 2 N–H and O–H groups in total. The van der Waals surface area contributed by atoms with Gasteiger partial charge in [-0.3, -0.25) is 4.98 Å². The highest BCUT2D eigenvalue weighted by atomic mass is 15.0. The van der Waals surface area contributed by atoms with Gasteiger partial charge in [0.15, 0.2) is 0 Å². The molecule has 0 unspecified atom stereocenters. The van der Waals surface area contributed by atoms with Crippen molar-refractivity contribution in [1.82, 2.24) is 15.6 Å². The standard InChI is InChI=1S/C7H9N.C4H10N2.2B/c1-6-4-3-5-7(2)8-6;1-2-6-4-3-5-1;;/h3-5H,1-2H3;5-6H,1-4H2;;. The minimum Gasteiger partial charge on any atom is -0.314 e. The van der Waals surface area contributed by atoms with E-state index in [0.717, 1.165) is 37.6 Å². The molecule has 6 radical (unpaired) electrons. The summed E-state index contributed by atoms with van der Waals surface area (Å²) in [4.78, 5) is 4.17. The number of hydrogen-bond acceptors (Lipinski definition) is 3. The van der Waals surface area contributed by atoms with Gasteiger partial charge in [0, 0.05) is 54.4 Å². The minimum absolute atomic E-state index is 0. The maximum absolute atomic E-state index is 4.17. The van der Waals surface area contributed by atoms with Gasteiger partial charge in [-0.15, -0.1) is 0 Å². The van der Waals surface area contributed by atoms with Gasteiger partial charge in [0.1, 0.15) is 0 Å². The number of pyridine rings is 1. The lowest BCUT2D eigenvalue weighted by Gasteiger charge is -2.11. The van der Waals surface area contributed by atoms with Crippen LogP contribution in [0.1, 0.15) is 11.4 Å². The average Bonchev–Trinajstić information content (AvgIpc) is 2.21. The molecule has 0 aromatic carbocycles. The smallest absolute Gasteiger partial charge is 0.0375 e. The Morgan fingerprint density at radius 3 is 1.44 bits per heavy atom. The van der Waals surface area contributed by atoms with Crippen molar-refractivity contribution >= 4 is 16.8 Å². The maximum Gasteiger partial charge on any atom is 0.0375 e. The third-order valence-corrected chi connectivity index (χ3v) is 1.98. The van der Waals surface area contributed by atoms with E-state index in [1.807, 2.05) is 32.0 Å². The van der Waals surface area contributed by atoms with E-state index in [-0.39, 0.29) is 16.8 Å². The van der Waals surface area contributed by atoms with Crippen molar-refractivity contribution in [2.24, 2.45) is 0 Å². The van der Waals surface area contributed by atoms with E-state index in [1.54, 1.807) is 0 Å². The van der Waals surface area contributed by atoms with Crippen molar-refractivity contribution in [1.29, 1.82) is 0 Å². The number of hydrogen-bond donors (Lipinski definition) is 2. The summed E-state index contributed by atoms with van der Waals surface area (Å²) in [6.45, 7) is 8.54. The molecule has 0 saturated carbocycles. The van der Waals surface area contributed by atoms with Crippen LogP contribution in [0, 0.1) is 13.8 Å². The van der Waals surface area contributed by atoms with Gasteiger partial charge in [0.25, 0.3) is 0 Å². The molecule has 0 spiro atoms. The molecule has 1 saturated heterocycles. The first-order valence-corrected chi connectivity index (χ1v) is 5.11. The Balaban J connectivity index is 0. The van der Waals surface area contributed by atoms with Gasteiger partial charge < -0.3 is 10.6 Å². The van der Waals surface area contributed by atoms with Crippen LogP contribution in [0.4, 0.5) is 0 Å². The van der Waals surface area contributed by atoms with Gasteiger partial charge in [-0.1, -0.05) is 6.07 Å². The molecule has 1 aliphatic rings. The lowest BCUT2D eigenvalue weighted by molar-refractivity contribution is 0.534. The summed E-state index contributed by atoms with van der Waals surface area (Å²) < 4.78 is 0. The Hall–Kier alpha value is -0.800. The predicted octanol–water partition coefficient (Wildman–Crippen LogP) is 0.116. The lowest BCUT2D eigenvalue weighted by atomic mass is 10.3. The third kappa shape index (κ3) is 8.50. The van der Waals surface area contributed by atoms with Gasteiger partial charge >= 0.3 is 0 Å². The number of rotatable bonds is 0. The SMILES string of the molecule is C1CNCCN1.Cc1cccc(C)n1.[B].[B]. The number of aromatic nitrogens is 1. The summed E-state index contributed by atoms with van der Waals surface area (Å²) >= 11 is 0. The van der Waals surface area contributed by atoms with E-state index >= 15 is 0 Å². The van der Waals surface area contributed by atoms with Crippen LogP contribution in [-0.4, -0.2) is 48.0 Å². The van der Waals surface area contributed by atoms with Gasteiger partial charge in [-0.25, -0.2) is 0 Å². The van der Waals surface area contributed by atoms with Crippen LogP contribution < -0.4 is 10.6 Å². The molecular formula is C11H19B2N3. The van der Waals surface area contributed by atoms with Crippen LogP contribution in [0.5, 0.6) is 0 Å². The summed E-state index contributed by atoms with van der Waals surface area (Å²) in [5, 5.41) is 6.44. The maximum atomic E-state index is 4.17. The molecule has 1 aromatic rings. The van der Waals surface area contributed by atoms with E-state index in [1.165, 1.54) is 0 Å². The van der Waals surface area contributed by atoms with Crippen molar-refractivity contribution in [2.45, 2.75) is 13.8 Å². The van der Waals surface area contributed by atoms with E-state index < -0.39 is 0 Å². The molecule has 2 heterocycles. The average molecular weight is 215 g/mol. The Labute approximate surface area is 103 Å². The van der Waals surface area contributed by atoms with E-state index in [2.05, 4.69) is 15.6 Å². The Kier molecular flexibility index (Phi) is 11.8. The fourth-order valence-electron chi connectivity index (χ4n) is 1.28. The monoisotopic (exact) mass is 215 g/mol. The fourth-order valence-corrected chi connectivity index (χ4v) is 1.28. The molecular weight excluding hydrogens is 196 g/mol.